The Morgan fingerprint density at radius 2 is 2.14 bits per heavy atom. The first-order chi connectivity index (χ1) is 10.7. The molecule has 5 heteroatoms. The van der Waals surface area contributed by atoms with Gasteiger partial charge in [-0.2, -0.15) is 0 Å². The van der Waals surface area contributed by atoms with Crippen LogP contribution in [-0.2, 0) is 4.79 Å². The highest BCUT2D eigenvalue weighted by molar-refractivity contribution is 5.80. The zero-order valence-corrected chi connectivity index (χ0v) is 12.5. The molecule has 0 spiro atoms. The van der Waals surface area contributed by atoms with Gasteiger partial charge in [0.2, 0.25) is 5.91 Å². The van der Waals surface area contributed by atoms with E-state index in [1.807, 2.05) is 0 Å². The van der Waals surface area contributed by atoms with Crippen LogP contribution in [0.15, 0.2) is 30.9 Å². The van der Waals surface area contributed by atoms with E-state index in [2.05, 4.69) is 6.58 Å². The minimum absolute atomic E-state index is 0.00598. The number of ether oxygens (including phenoxy) is 2. The monoisotopic (exact) mass is 303 g/mol. The van der Waals surface area contributed by atoms with Crippen LogP contribution in [0, 0.1) is 5.92 Å². The van der Waals surface area contributed by atoms with Crippen LogP contribution in [0.1, 0.15) is 24.5 Å². The van der Waals surface area contributed by atoms with E-state index in [1.54, 1.807) is 29.2 Å². The molecule has 0 aliphatic carbocycles. The number of likely N-dealkylation sites (tertiary alicyclic amines) is 1. The number of aliphatic hydroxyl groups is 1. The van der Waals surface area contributed by atoms with Crippen molar-refractivity contribution in [2.75, 3.05) is 26.3 Å². The Labute approximate surface area is 130 Å². The van der Waals surface area contributed by atoms with Crippen molar-refractivity contribution < 1.29 is 19.4 Å². The van der Waals surface area contributed by atoms with Gasteiger partial charge in [0.15, 0.2) is 11.5 Å². The molecule has 2 heterocycles. The van der Waals surface area contributed by atoms with E-state index in [4.69, 9.17) is 9.47 Å². The molecule has 2 unspecified atom stereocenters. The smallest absolute Gasteiger partial charge is 0.228 e. The van der Waals surface area contributed by atoms with E-state index in [0.717, 1.165) is 13.0 Å². The van der Waals surface area contributed by atoms with Gasteiger partial charge in [-0.1, -0.05) is 12.1 Å². The molecule has 1 aromatic carbocycles. The molecule has 1 amide bonds. The second kappa shape index (κ2) is 6.40. The number of piperidine rings is 1. The number of aliphatic hydroxyl groups excluding tert-OH is 1. The van der Waals surface area contributed by atoms with Gasteiger partial charge in [0.25, 0.3) is 0 Å². The van der Waals surface area contributed by atoms with Crippen molar-refractivity contribution in [2.24, 2.45) is 5.92 Å². The first kappa shape index (κ1) is 14.9. The minimum Gasteiger partial charge on any atom is -0.486 e. The van der Waals surface area contributed by atoms with Crippen LogP contribution in [0.5, 0.6) is 11.5 Å². The van der Waals surface area contributed by atoms with Crippen molar-refractivity contribution in [3.63, 3.8) is 0 Å². The summed E-state index contributed by atoms with van der Waals surface area (Å²) in [4.78, 5) is 14.2. The predicted octanol–water partition coefficient (Wildman–Crippen LogP) is 1.92. The SMILES string of the molecule is C=CCN1CCCC(C(O)c2ccc3c(c2)OCCO3)C1=O. The molecule has 2 aliphatic rings. The average molecular weight is 303 g/mol. The zero-order valence-electron chi connectivity index (χ0n) is 12.5. The molecule has 22 heavy (non-hydrogen) atoms. The molecule has 2 aliphatic heterocycles. The van der Waals surface area contributed by atoms with Crippen LogP contribution in [0.25, 0.3) is 0 Å². The van der Waals surface area contributed by atoms with Gasteiger partial charge in [0.05, 0.1) is 12.0 Å². The fourth-order valence-electron chi connectivity index (χ4n) is 3.08. The Bertz CT molecular complexity index is 572. The summed E-state index contributed by atoms with van der Waals surface area (Å²) in [5.41, 5.74) is 0.697. The van der Waals surface area contributed by atoms with E-state index in [9.17, 15) is 9.90 Å². The fraction of sp³-hybridized carbons (Fsp3) is 0.471. The van der Waals surface area contributed by atoms with Crippen molar-refractivity contribution in [1.29, 1.82) is 0 Å². The summed E-state index contributed by atoms with van der Waals surface area (Å²) in [6, 6.07) is 5.37. The molecule has 3 rings (SSSR count). The van der Waals surface area contributed by atoms with Crippen molar-refractivity contribution in [2.45, 2.75) is 18.9 Å². The molecule has 5 nitrogen and oxygen atoms in total. The molecular formula is C17H21NO4. The third-order valence-electron chi connectivity index (χ3n) is 4.21. The summed E-state index contributed by atoms with van der Waals surface area (Å²) in [5, 5.41) is 10.6. The van der Waals surface area contributed by atoms with Crippen LogP contribution >= 0.6 is 0 Å². The summed E-state index contributed by atoms with van der Waals surface area (Å²) < 4.78 is 11.0. The molecular weight excluding hydrogens is 282 g/mol. The second-order valence-corrected chi connectivity index (χ2v) is 5.67. The lowest BCUT2D eigenvalue weighted by molar-refractivity contribution is -0.142. The number of hydrogen-bond donors (Lipinski definition) is 1. The molecule has 118 valence electrons. The average Bonchev–Trinajstić information content (AvgIpc) is 2.56. The molecule has 0 bridgehead atoms. The number of nitrogens with zero attached hydrogens (tertiary/aromatic N) is 1. The number of rotatable bonds is 4. The van der Waals surface area contributed by atoms with Gasteiger partial charge in [0.1, 0.15) is 13.2 Å². The number of carbonyl (C=O) groups is 1. The number of fused-ring (bicyclic) bond motifs is 1. The van der Waals surface area contributed by atoms with Crippen LogP contribution in [0.3, 0.4) is 0 Å². The van der Waals surface area contributed by atoms with Gasteiger partial charge in [0, 0.05) is 13.1 Å². The number of carbonyl (C=O) groups excluding carboxylic acids is 1. The van der Waals surface area contributed by atoms with Crippen LogP contribution < -0.4 is 9.47 Å². The minimum atomic E-state index is -0.823. The van der Waals surface area contributed by atoms with E-state index >= 15 is 0 Å². The van der Waals surface area contributed by atoms with Crippen molar-refractivity contribution in [3.05, 3.63) is 36.4 Å². The molecule has 0 radical (unpaired) electrons. The molecule has 0 aromatic heterocycles. The Morgan fingerprint density at radius 3 is 2.91 bits per heavy atom. The topological polar surface area (TPSA) is 59.0 Å². The summed E-state index contributed by atoms with van der Waals surface area (Å²) in [6.45, 7) is 5.98. The second-order valence-electron chi connectivity index (χ2n) is 5.67. The maximum atomic E-state index is 12.5. The Kier molecular flexibility index (Phi) is 4.34. The standard InChI is InChI=1S/C17H21NO4/c1-2-7-18-8-3-4-13(17(18)20)16(19)12-5-6-14-15(11-12)22-10-9-21-14/h2,5-6,11,13,16,19H,1,3-4,7-10H2. The normalized spacial score (nSPS) is 22.3. The van der Waals surface area contributed by atoms with Gasteiger partial charge < -0.3 is 19.5 Å². The largest absolute Gasteiger partial charge is 0.486 e. The van der Waals surface area contributed by atoms with E-state index < -0.39 is 12.0 Å². The zero-order chi connectivity index (χ0) is 15.5. The highest BCUT2D eigenvalue weighted by Crippen LogP contribution is 2.36. The lowest BCUT2D eigenvalue weighted by Gasteiger charge is -2.34. The quantitative estimate of drug-likeness (QED) is 0.863. The van der Waals surface area contributed by atoms with E-state index in [0.29, 0.717) is 43.2 Å². The third-order valence-corrected chi connectivity index (χ3v) is 4.21. The lowest BCUT2D eigenvalue weighted by atomic mass is 9.87. The van der Waals surface area contributed by atoms with Gasteiger partial charge in [-0.15, -0.1) is 6.58 Å². The first-order valence-corrected chi connectivity index (χ1v) is 7.68. The summed E-state index contributed by atoms with van der Waals surface area (Å²) >= 11 is 0. The maximum Gasteiger partial charge on any atom is 0.228 e. The molecule has 1 saturated heterocycles. The maximum absolute atomic E-state index is 12.5. The van der Waals surface area contributed by atoms with E-state index in [1.165, 1.54) is 0 Å². The molecule has 1 fully saturated rings. The van der Waals surface area contributed by atoms with E-state index in [-0.39, 0.29) is 5.91 Å². The van der Waals surface area contributed by atoms with Crippen LogP contribution in [-0.4, -0.2) is 42.2 Å². The van der Waals surface area contributed by atoms with Gasteiger partial charge in [-0.05, 0) is 30.5 Å². The molecule has 1 N–H and O–H groups in total. The highest BCUT2D eigenvalue weighted by Gasteiger charge is 2.34. The Balaban J connectivity index is 1.79. The van der Waals surface area contributed by atoms with Gasteiger partial charge >= 0.3 is 0 Å². The van der Waals surface area contributed by atoms with Crippen LogP contribution in [0.2, 0.25) is 0 Å². The van der Waals surface area contributed by atoms with Crippen molar-refractivity contribution in [3.8, 4) is 11.5 Å². The third kappa shape index (κ3) is 2.81. The van der Waals surface area contributed by atoms with Crippen molar-refractivity contribution >= 4 is 5.91 Å². The summed E-state index contributed by atoms with van der Waals surface area (Å²) in [6.07, 6.45) is 2.49. The highest BCUT2D eigenvalue weighted by atomic mass is 16.6. The molecule has 1 aromatic rings. The number of benzene rings is 1. The molecule has 0 saturated carbocycles. The van der Waals surface area contributed by atoms with Gasteiger partial charge in [-0.3, -0.25) is 4.79 Å². The lowest BCUT2D eigenvalue weighted by Crippen LogP contribution is -2.43. The van der Waals surface area contributed by atoms with Crippen molar-refractivity contribution in [1.82, 2.24) is 4.90 Å². The summed E-state index contributed by atoms with van der Waals surface area (Å²) in [5.74, 6) is 0.907. The Hall–Kier alpha value is -2.01. The first-order valence-electron chi connectivity index (χ1n) is 7.68. The summed E-state index contributed by atoms with van der Waals surface area (Å²) in [7, 11) is 0. The fourth-order valence-corrected chi connectivity index (χ4v) is 3.08. The Morgan fingerprint density at radius 1 is 1.36 bits per heavy atom. The van der Waals surface area contributed by atoms with Gasteiger partial charge in [-0.25, -0.2) is 0 Å². The number of hydrogen-bond acceptors (Lipinski definition) is 4. The predicted molar refractivity (Wildman–Crippen MR) is 81.9 cm³/mol. The van der Waals surface area contributed by atoms with Crippen LogP contribution in [0.4, 0.5) is 0 Å². The number of amides is 1. The molecule has 2 atom stereocenters.